The number of anilines is 1. The number of nitrogens with zero attached hydrogens (tertiary/aromatic N) is 3. The van der Waals surface area contributed by atoms with Crippen molar-refractivity contribution in [3.8, 4) is 0 Å². The first-order valence-corrected chi connectivity index (χ1v) is 10.00. The van der Waals surface area contributed by atoms with Gasteiger partial charge in [-0.25, -0.2) is 5.43 Å². The third-order valence-electron chi connectivity index (χ3n) is 4.36. The molecule has 0 aliphatic heterocycles. The van der Waals surface area contributed by atoms with Crippen LogP contribution in [0.2, 0.25) is 0 Å². The Kier molecular flexibility index (Phi) is 5.62. The molecule has 0 unspecified atom stereocenters. The highest BCUT2D eigenvalue weighted by Gasteiger charge is 2.12. The number of aromatic nitrogens is 3. The van der Waals surface area contributed by atoms with Crippen molar-refractivity contribution in [3.05, 3.63) is 76.4 Å². The second-order valence-corrected chi connectivity index (χ2v) is 7.56. The zero-order valence-corrected chi connectivity index (χ0v) is 16.9. The van der Waals surface area contributed by atoms with E-state index >= 15 is 0 Å². The van der Waals surface area contributed by atoms with Crippen molar-refractivity contribution in [3.63, 3.8) is 0 Å². The van der Waals surface area contributed by atoms with E-state index in [-0.39, 0.29) is 18.2 Å². The number of hydrogen-bond donors (Lipinski definition) is 3. The molecular formula is C21H18N6O2S. The smallest absolute Gasteiger partial charge is 0.257 e. The van der Waals surface area contributed by atoms with Crippen molar-refractivity contribution in [2.75, 3.05) is 5.32 Å². The highest BCUT2D eigenvalue weighted by Crippen LogP contribution is 2.20. The van der Waals surface area contributed by atoms with Gasteiger partial charge in [0.25, 0.3) is 5.91 Å². The van der Waals surface area contributed by atoms with Gasteiger partial charge in [-0.05, 0) is 25.1 Å². The molecule has 0 atom stereocenters. The quantitative estimate of drug-likeness (QED) is 0.329. The van der Waals surface area contributed by atoms with Crippen molar-refractivity contribution in [2.45, 2.75) is 13.3 Å². The third-order valence-corrected chi connectivity index (χ3v) is 5.20. The maximum Gasteiger partial charge on any atom is 0.257 e. The maximum atomic E-state index is 12.2. The molecule has 2 amide bonds. The molecule has 2 aromatic heterocycles. The Morgan fingerprint density at radius 1 is 1.10 bits per heavy atom. The number of aryl methyl sites for hydroxylation is 1. The molecule has 0 radical (unpaired) electrons. The highest BCUT2D eigenvalue weighted by molar-refractivity contribution is 7.15. The van der Waals surface area contributed by atoms with Crippen LogP contribution in [0.15, 0.2) is 59.7 Å². The molecule has 3 N–H and O–H groups in total. The summed E-state index contributed by atoms with van der Waals surface area (Å²) < 4.78 is 0. The number of nitrogens with one attached hydrogen (secondary N) is 3. The number of carbonyl (C=O) groups is 2. The fraction of sp³-hybridized carbons (Fsp3) is 0.0952. The first-order chi connectivity index (χ1) is 14.6. The average molecular weight is 418 g/mol. The number of fused-ring (bicyclic) bond motifs is 1. The molecule has 0 aliphatic rings. The fourth-order valence-corrected chi connectivity index (χ4v) is 3.68. The standard InChI is InChI=1S/C21H18N6O2S/c1-13-16(15-9-5-6-10-17(15)23-13)12-22-25-18(28)11-19-26-27-21(30-19)24-20(29)14-7-3-2-4-8-14/h2-10,12,23H,11H2,1H3,(H,25,28)(H,24,27,29). The Morgan fingerprint density at radius 3 is 2.70 bits per heavy atom. The molecular weight excluding hydrogens is 400 g/mol. The number of para-hydroxylation sites is 1. The second-order valence-electron chi connectivity index (χ2n) is 6.50. The van der Waals surface area contributed by atoms with Crippen LogP contribution < -0.4 is 10.7 Å². The first kappa shape index (κ1) is 19.5. The van der Waals surface area contributed by atoms with Gasteiger partial charge in [0.2, 0.25) is 11.0 Å². The van der Waals surface area contributed by atoms with E-state index in [0.717, 1.165) is 33.5 Å². The monoisotopic (exact) mass is 418 g/mol. The van der Waals surface area contributed by atoms with Crippen molar-refractivity contribution >= 4 is 45.4 Å². The minimum Gasteiger partial charge on any atom is -0.358 e. The van der Waals surface area contributed by atoms with Crippen molar-refractivity contribution < 1.29 is 9.59 Å². The van der Waals surface area contributed by atoms with Gasteiger partial charge in [-0.15, -0.1) is 10.2 Å². The van der Waals surface area contributed by atoms with Crippen LogP contribution in [0.25, 0.3) is 10.9 Å². The van der Waals surface area contributed by atoms with Gasteiger partial charge in [-0.1, -0.05) is 47.7 Å². The Hall–Kier alpha value is -3.85. The summed E-state index contributed by atoms with van der Waals surface area (Å²) in [5, 5.41) is 16.5. The average Bonchev–Trinajstić information content (AvgIpc) is 3.32. The van der Waals surface area contributed by atoms with E-state index in [4.69, 9.17) is 0 Å². The highest BCUT2D eigenvalue weighted by atomic mass is 32.1. The van der Waals surface area contributed by atoms with Gasteiger partial charge < -0.3 is 4.98 Å². The summed E-state index contributed by atoms with van der Waals surface area (Å²) in [6, 6.07) is 16.7. The molecule has 4 rings (SSSR count). The molecule has 0 bridgehead atoms. The zero-order chi connectivity index (χ0) is 20.9. The Bertz CT molecular complexity index is 1230. The van der Waals surface area contributed by atoms with Gasteiger partial charge in [0.1, 0.15) is 5.01 Å². The summed E-state index contributed by atoms with van der Waals surface area (Å²) in [5.74, 6) is -0.595. The van der Waals surface area contributed by atoms with E-state index in [0.29, 0.717) is 15.7 Å². The van der Waals surface area contributed by atoms with Gasteiger partial charge in [0, 0.05) is 27.7 Å². The largest absolute Gasteiger partial charge is 0.358 e. The molecule has 8 nitrogen and oxygen atoms in total. The lowest BCUT2D eigenvalue weighted by atomic mass is 10.1. The molecule has 0 spiro atoms. The number of carbonyl (C=O) groups excluding carboxylic acids is 2. The lowest BCUT2D eigenvalue weighted by Gasteiger charge is -1.99. The van der Waals surface area contributed by atoms with Crippen LogP contribution in [-0.2, 0) is 11.2 Å². The number of rotatable bonds is 6. The second kappa shape index (κ2) is 8.66. The molecule has 0 saturated heterocycles. The van der Waals surface area contributed by atoms with Crippen molar-refractivity contribution in [1.29, 1.82) is 0 Å². The van der Waals surface area contributed by atoms with Gasteiger partial charge >= 0.3 is 0 Å². The normalized spacial score (nSPS) is 11.1. The zero-order valence-electron chi connectivity index (χ0n) is 16.0. The van der Waals surface area contributed by atoms with Crippen LogP contribution in [0.3, 0.4) is 0 Å². The predicted octanol–water partition coefficient (Wildman–Crippen LogP) is 3.27. The van der Waals surface area contributed by atoms with Crippen LogP contribution in [-0.4, -0.2) is 33.2 Å². The summed E-state index contributed by atoms with van der Waals surface area (Å²) in [7, 11) is 0. The number of amides is 2. The summed E-state index contributed by atoms with van der Waals surface area (Å²) in [4.78, 5) is 27.6. The molecule has 0 fully saturated rings. The minimum atomic E-state index is -0.319. The number of H-pyrrole nitrogens is 1. The number of hydrogen-bond acceptors (Lipinski definition) is 6. The first-order valence-electron chi connectivity index (χ1n) is 9.18. The predicted molar refractivity (Wildman–Crippen MR) is 117 cm³/mol. The van der Waals surface area contributed by atoms with E-state index in [1.54, 1.807) is 30.5 Å². The summed E-state index contributed by atoms with van der Waals surface area (Å²) in [6.45, 7) is 1.95. The molecule has 9 heteroatoms. The summed E-state index contributed by atoms with van der Waals surface area (Å²) in [5.41, 5.74) is 5.94. The van der Waals surface area contributed by atoms with Crippen molar-refractivity contribution in [2.24, 2.45) is 5.10 Å². The maximum absolute atomic E-state index is 12.2. The van der Waals surface area contributed by atoms with E-state index in [9.17, 15) is 9.59 Å². The summed E-state index contributed by atoms with van der Waals surface area (Å²) >= 11 is 1.15. The summed E-state index contributed by atoms with van der Waals surface area (Å²) in [6.07, 6.45) is 1.64. The Balaban J connectivity index is 1.34. The molecule has 0 aliphatic carbocycles. The third kappa shape index (κ3) is 4.41. The number of benzene rings is 2. The molecule has 30 heavy (non-hydrogen) atoms. The van der Waals surface area contributed by atoms with Crippen LogP contribution in [0.1, 0.15) is 26.6 Å². The van der Waals surface area contributed by atoms with Crippen LogP contribution in [0, 0.1) is 6.92 Å². The van der Waals surface area contributed by atoms with Gasteiger partial charge in [0.05, 0.1) is 12.6 Å². The minimum absolute atomic E-state index is 0.0169. The fourth-order valence-electron chi connectivity index (χ4n) is 2.94. The lowest BCUT2D eigenvalue weighted by Crippen LogP contribution is -2.19. The Morgan fingerprint density at radius 2 is 1.87 bits per heavy atom. The molecule has 2 aromatic carbocycles. The van der Waals surface area contributed by atoms with E-state index in [1.165, 1.54) is 0 Å². The molecule has 4 aromatic rings. The van der Waals surface area contributed by atoms with Gasteiger partial charge in [-0.2, -0.15) is 5.10 Å². The number of hydrazone groups is 1. The van der Waals surface area contributed by atoms with Crippen LogP contribution >= 0.6 is 11.3 Å². The van der Waals surface area contributed by atoms with Gasteiger partial charge in [0.15, 0.2) is 0 Å². The molecule has 150 valence electrons. The molecule has 0 saturated carbocycles. The number of aromatic amines is 1. The lowest BCUT2D eigenvalue weighted by molar-refractivity contribution is -0.120. The Labute approximate surface area is 176 Å². The van der Waals surface area contributed by atoms with E-state index in [2.05, 4.69) is 31.0 Å². The SMILES string of the molecule is Cc1[nH]c2ccccc2c1C=NNC(=O)Cc1nnc(NC(=O)c2ccccc2)s1. The van der Waals surface area contributed by atoms with Crippen LogP contribution in [0.4, 0.5) is 5.13 Å². The van der Waals surface area contributed by atoms with E-state index in [1.807, 2.05) is 37.3 Å². The topological polar surface area (TPSA) is 112 Å². The van der Waals surface area contributed by atoms with Crippen molar-refractivity contribution in [1.82, 2.24) is 20.6 Å². The molecule has 2 heterocycles. The van der Waals surface area contributed by atoms with Crippen LogP contribution in [0.5, 0.6) is 0 Å². The van der Waals surface area contributed by atoms with E-state index < -0.39 is 0 Å². The van der Waals surface area contributed by atoms with Gasteiger partial charge in [-0.3, -0.25) is 14.9 Å².